The van der Waals surface area contributed by atoms with Crippen molar-refractivity contribution < 1.29 is 13.2 Å². The number of nitrogens with zero attached hydrogens (tertiary/aromatic N) is 4. The summed E-state index contributed by atoms with van der Waals surface area (Å²) in [5.74, 6) is 0.490. The number of ether oxygens (including phenoxy) is 1. The first-order valence-corrected chi connectivity index (χ1v) is 11.9. The number of nitrogen functional groups attached to an aromatic ring is 1. The predicted molar refractivity (Wildman–Crippen MR) is 125 cm³/mol. The molecule has 0 spiro atoms. The quantitative estimate of drug-likeness (QED) is 0.395. The Kier molecular flexibility index (Phi) is 4.87. The molecule has 5 rings (SSSR count). The van der Waals surface area contributed by atoms with Gasteiger partial charge in [0.2, 0.25) is 9.84 Å². The Bertz CT molecular complexity index is 1570. The maximum absolute atomic E-state index is 13.6. The van der Waals surface area contributed by atoms with Crippen molar-refractivity contribution in [2.75, 3.05) is 12.8 Å². The summed E-state index contributed by atoms with van der Waals surface area (Å²) in [6, 6.07) is 17.1. The van der Waals surface area contributed by atoms with E-state index in [9.17, 15) is 8.42 Å². The topological polar surface area (TPSA) is 112 Å². The van der Waals surface area contributed by atoms with Crippen molar-refractivity contribution in [1.29, 1.82) is 0 Å². The second-order valence-electron chi connectivity index (χ2n) is 6.85. The van der Waals surface area contributed by atoms with Crippen LogP contribution in [0.3, 0.4) is 0 Å². The Balaban J connectivity index is 1.79. The van der Waals surface area contributed by atoms with E-state index in [-0.39, 0.29) is 26.8 Å². The number of aromatic nitrogens is 3. The highest BCUT2D eigenvalue weighted by molar-refractivity contribution is 7.92. The zero-order valence-electron chi connectivity index (χ0n) is 16.8. The highest BCUT2D eigenvalue weighted by atomic mass is 32.2. The van der Waals surface area contributed by atoms with Gasteiger partial charge in [0.15, 0.2) is 5.65 Å². The molecule has 10 heteroatoms. The van der Waals surface area contributed by atoms with E-state index in [0.29, 0.717) is 16.8 Å². The van der Waals surface area contributed by atoms with Crippen molar-refractivity contribution in [2.24, 2.45) is 5.10 Å². The van der Waals surface area contributed by atoms with Gasteiger partial charge in [-0.2, -0.15) is 9.78 Å². The molecule has 160 valence electrons. The van der Waals surface area contributed by atoms with Crippen molar-refractivity contribution in [3.05, 3.63) is 70.9 Å². The number of anilines is 1. The standard InChI is InChI=1S/C22H17N5O3S2/c1-30-14-8-10-16(11-9-14)32(28,29)20-19-22(26-18-7-3-2-6-17(18)25-19)27(21(20)23)24-13-15-5-4-12-31-15/h2-13H,23H2,1H3. The number of sulfone groups is 1. The summed E-state index contributed by atoms with van der Waals surface area (Å²) >= 11 is 1.50. The smallest absolute Gasteiger partial charge is 0.212 e. The van der Waals surface area contributed by atoms with Crippen LogP contribution in [0.1, 0.15) is 4.88 Å². The van der Waals surface area contributed by atoms with Crippen LogP contribution in [-0.2, 0) is 9.84 Å². The van der Waals surface area contributed by atoms with E-state index in [1.807, 2.05) is 29.6 Å². The minimum absolute atomic E-state index is 0.0565. The molecule has 0 aliphatic rings. The second kappa shape index (κ2) is 7.74. The van der Waals surface area contributed by atoms with E-state index >= 15 is 0 Å². The largest absolute Gasteiger partial charge is 0.497 e. The molecule has 0 saturated heterocycles. The van der Waals surface area contributed by atoms with Gasteiger partial charge in [0.05, 0.1) is 29.3 Å². The molecule has 5 aromatic rings. The number of hydrogen-bond donors (Lipinski definition) is 1. The molecule has 0 unspecified atom stereocenters. The zero-order chi connectivity index (χ0) is 22.3. The first kappa shape index (κ1) is 20.2. The average Bonchev–Trinajstić information content (AvgIpc) is 3.41. The molecule has 0 aliphatic heterocycles. The predicted octanol–water partition coefficient (Wildman–Crippen LogP) is 3.95. The summed E-state index contributed by atoms with van der Waals surface area (Å²) in [6.45, 7) is 0. The van der Waals surface area contributed by atoms with Gasteiger partial charge in [-0.25, -0.2) is 18.4 Å². The molecule has 3 heterocycles. The summed E-state index contributed by atoms with van der Waals surface area (Å²) < 4.78 is 33.7. The minimum atomic E-state index is -4.02. The Morgan fingerprint density at radius 2 is 1.75 bits per heavy atom. The first-order valence-electron chi connectivity index (χ1n) is 9.53. The van der Waals surface area contributed by atoms with Crippen LogP contribution in [0.2, 0.25) is 0 Å². The number of para-hydroxylation sites is 2. The van der Waals surface area contributed by atoms with Gasteiger partial charge >= 0.3 is 0 Å². The number of rotatable bonds is 5. The molecule has 0 aliphatic carbocycles. The van der Waals surface area contributed by atoms with Crippen LogP contribution < -0.4 is 10.5 Å². The molecular weight excluding hydrogens is 446 g/mol. The second-order valence-corrected chi connectivity index (χ2v) is 9.72. The van der Waals surface area contributed by atoms with Crippen LogP contribution >= 0.6 is 11.3 Å². The monoisotopic (exact) mass is 463 g/mol. The van der Waals surface area contributed by atoms with Crippen molar-refractivity contribution in [2.45, 2.75) is 9.79 Å². The molecule has 0 saturated carbocycles. The summed E-state index contributed by atoms with van der Waals surface area (Å²) in [5.41, 5.74) is 7.97. The fourth-order valence-electron chi connectivity index (χ4n) is 3.36. The Morgan fingerprint density at radius 3 is 2.41 bits per heavy atom. The molecule has 0 bridgehead atoms. The summed E-state index contributed by atoms with van der Waals surface area (Å²) in [4.78, 5) is 10.0. The number of nitrogens with two attached hydrogens (primary N) is 1. The maximum Gasteiger partial charge on any atom is 0.212 e. The summed E-state index contributed by atoms with van der Waals surface area (Å²) in [5, 5.41) is 6.35. The molecule has 32 heavy (non-hydrogen) atoms. The van der Waals surface area contributed by atoms with Gasteiger partial charge in [0, 0.05) is 4.88 Å². The third-order valence-electron chi connectivity index (χ3n) is 4.91. The van der Waals surface area contributed by atoms with Gasteiger partial charge < -0.3 is 10.5 Å². The van der Waals surface area contributed by atoms with Crippen molar-refractivity contribution in [1.82, 2.24) is 14.6 Å². The van der Waals surface area contributed by atoms with Gasteiger partial charge in [0.1, 0.15) is 22.0 Å². The number of thiophene rings is 1. The molecule has 0 fully saturated rings. The number of hydrogen-bond acceptors (Lipinski definition) is 8. The van der Waals surface area contributed by atoms with E-state index in [2.05, 4.69) is 15.1 Å². The summed E-state index contributed by atoms with van der Waals surface area (Å²) in [6.07, 6.45) is 1.61. The normalized spacial score (nSPS) is 12.2. The number of fused-ring (bicyclic) bond motifs is 2. The lowest BCUT2D eigenvalue weighted by Crippen LogP contribution is -2.06. The SMILES string of the molecule is COc1ccc(S(=O)(=O)c2c(N)n(N=Cc3cccs3)c3nc4ccccc4nc23)cc1. The molecule has 3 aromatic heterocycles. The van der Waals surface area contributed by atoms with Crippen LogP contribution in [0.4, 0.5) is 5.82 Å². The number of methoxy groups -OCH3 is 1. The van der Waals surface area contributed by atoms with Crippen molar-refractivity contribution >= 4 is 55.4 Å². The van der Waals surface area contributed by atoms with Crippen LogP contribution in [0.15, 0.2) is 80.9 Å². The molecule has 8 nitrogen and oxygen atoms in total. The lowest BCUT2D eigenvalue weighted by atomic mass is 10.3. The molecule has 2 aromatic carbocycles. The molecule has 2 N–H and O–H groups in total. The Morgan fingerprint density at radius 1 is 1.03 bits per heavy atom. The lowest BCUT2D eigenvalue weighted by Gasteiger charge is -2.06. The van der Waals surface area contributed by atoms with Crippen LogP contribution in [0, 0.1) is 0 Å². The van der Waals surface area contributed by atoms with Crippen molar-refractivity contribution in [3.63, 3.8) is 0 Å². The molecule has 0 amide bonds. The van der Waals surface area contributed by atoms with Gasteiger partial charge in [0.25, 0.3) is 0 Å². The molecular formula is C22H17N5O3S2. The highest BCUT2D eigenvalue weighted by Crippen LogP contribution is 2.35. The lowest BCUT2D eigenvalue weighted by molar-refractivity contribution is 0.414. The molecule has 0 radical (unpaired) electrons. The van der Waals surface area contributed by atoms with Crippen LogP contribution in [0.25, 0.3) is 22.2 Å². The van der Waals surface area contributed by atoms with E-state index < -0.39 is 9.84 Å². The zero-order valence-corrected chi connectivity index (χ0v) is 18.5. The number of benzene rings is 2. The van der Waals surface area contributed by atoms with Gasteiger partial charge in [-0.15, -0.1) is 11.3 Å². The van der Waals surface area contributed by atoms with Gasteiger partial charge in [-0.1, -0.05) is 18.2 Å². The Labute approximate surface area is 187 Å². The van der Waals surface area contributed by atoms with E-state index in [1.54, 1.807) is 30.5 Å². The third kappa shape index (κ3) is 3.29. The fourth-order valence-corrected chi connectivity index (χ4v) is 5.42. The van der Waals surface area contributed by atoms with Gasteiger partial charge in [-0.3, -0.25) is 0 Å². The van der Waals surface area contributed by atoms with Gasteiger partial charge in [-0.05, 0) is 47.8 Å². The van der Waals surface area contributed by atoms with Crippen LogP contribution in [0.5, 0.6) is 5.75 Å². The average molecular weight is 464 g/mol. The van der Waals surface area contributed by atoms with Crippen LogP contribution in [-0.4, -0.2) is 36.4 Å². The van der Waals surface area contributed by atoms with E-state index in [1.165, 1.54) is 35.3 Å². The van der Waals surface area contributed by atoms with E-state index in [0.717, 1.165) is 4.88 Å². The maximum atomic E-state index is 13.6. The first-order chi connectivity index (χ1) is 15.5. The molecule has 0 atom stereocenters. The van der Waals surface area contributed by atoms with E-state index in [4.69, 9.17) is 10.5 Å². The summed E-state index contributed by atoms with van der Waals surface area (Å²) in [7, 11) is -2.50. The van der Waals surface area contributed by atoms with Crippen molar-refractivity contribution in [3.8, 4) is 5.75 Å². The fraction of sp³-hybridized carbons (Fsp3) is 0.0455. The minimum Gasteiger partial charge on any atom is -0.497 e. The third-order valence-corrected chi connectivity index (χ3v) is 7.55. The Hall–Kier alpha value is -3.76. The highest BCUT2D eigenvalue weighted by Gasteiger charge is 2.30.